The number of nitrogens with zero attached hydrogens (tertiary/aromatic N) is 4. The SMILES string of the molecule is CC(C)CNCCN(C)Cc1cnn(-c2ccccc2)n1. The number of rotatable bonds is 8. The van der Waals surface area contributed by atoms with E-state index in [0.29, 0.717) is 5.92 Å². The van der Waals surface area contributed by atoms with Gasteiger partial charge in [0.2, 0.25) is 0 Å². The van der Waals surface area contributed by atoms with E-state index in [1.165, 1.54) is 0 Å². The van der Waals surface area contributed by atoms with Crippen molar-refractivity contribution in [3.05, 3.63) is 42.2 Å². The van der Waals surface area contributed by atoms with Gasteiger partial charge in [-0.25, -0.2) is 0 Å². The third-order valence-electron chi connectivity index (χ3n) is 3.18. The Morgan fingerprint density at radius 2 is 2.00 bits per heavy atom. The molecule has 0 aliphatic heterocycles. The summed E-state index contributed by atoms with van der Waals surface area (Å²) in [5.74, 6) is 0.695. The summed E-state index contributed by atoms with van der Waals surface area (Å²) >= 11 is 0. The van der Waals surface area contributed by atoms with Gasteiger partial charge in [0.1, 0.15) is 0 Å². The van der Waals surface area contributed by atoms with Crippen molar-refractivity contribution in [3.8, 4) is 5.69 Å². The third-order valence-corrected chi connectivity index (χ3v) is 3.18. The van der Waals surface area contributed by atoms with Crippen molar-refractivity contribution in [2.24, 2.45) is 5.92 Å². The lowest BCUT2D eigenvalue weighted by atomic mass is 10.2. The Kier molecular flexibility index (Phi) is 5.90. The number of para-hydroxylation sites is 1. The maximum Gasteiger partial charge on any atom is 0.0971 e. The molecule has 1 N–H and O–H groups in total. The lowest BCUT2D eigenvalue weighted by Crippen LogP contribution is -2.31. The van der Waals surface area contributed by atoms with Gasteiger partial charge in [0.05, 0.1) is 17.6 Å². The van der Waals surface area contributed by atoms with Crippen LogP contribution < -0.4 is 5.32 Å². The Morgan fingerprint density at radius 3 is 2.71 bits per heavy atom. The second kappa shape index (κ2) is 7.90. The number of hydrogen-bond acceptors (Lipinski definition) is 4. The van der Waals surface area contributed by atoms with E-state index in [2.05, 4.69) is 41.3 Å². The molecule has 21 heavy (non-hydrogen) atoms. The van der Waals surface area contributed by atoms with Crippen molar-refractivity contribution in [1.82, 2.24) is 25.2 Å². The molecule has 0 fully saturated rings. The Bertz CT molecular complexity index is 520. The van der Waals surface area contributed by atoms with Crippen LogP contribution in [0.25, 0.3) is 5.69 Å². The van der Waals surface area contributed by atoms with Crippen molar-refractivity contribution < 1.29 is 0 Å². The standard InChI is InChI=1S/C16H25N5/c1-14(2)11-17-9-10-20(3)13-15-12-18-21(19-15)16-7-5-4-6-8-16/h4-8,12,14,17H,9-11,13H2,1-3H3. The molecule has 2 rings (SSSR count). The van der Waals surface area contributed by atoms with Crippen LogP contribution in [0.1, 0.15) is 19.5 Å². The highest BCUT2D eigenvalue weighted by Gasteiger charge is 2.06. The van der Waals surface area contributed by atoms with Crippen molar-refractivity contribution >= 4 is 0 Å². The molecule has 0 bridgehead atoms. The second-order valence-electron chi connectivity index (χ2n) is 5.80. The van der Waals surface area contributed by atoms with E-state index < -0.39 is 0 Å². The predicted molar refractivity (Wildman–Crippen MR) is 85.4 cm³/mol. The van der Waals surface area contributed by atoms with E-state index in [4.69, 9.17) is 0 Å². The minimum Gasteiger partial charge on any atom is -0.315 e. The zero-order valence-corrected chi connectivity index (χ0v) is 13.2. The summed E-state index contributed by atoms with van der Waals surface area (Å²) in [5, 5.41) is 12.3. The van der Waals surface area contributed by atoms with Gasteiger partial charge in [-0.15, -0.1) is 0 Å². The molecule has 1 heterocycles. The first-order valence-corrected chi connectivity index (χ1v) is 7.51. The van der Waals surface area contributed by atoms with Crippen molar-refractivity contribution in [1.29, 1.82) is 0 Å². The smallest absolute Gasteiger partial charge is 0.0971 e. The van der Waals surface area contributed by atoms with Gasteiger partial charge >= 0.3 is 0 Å². The summed E-state index contributed by atoms with van der Waals surface area (Å²) in [4.78, 5) is 3.94. The first-order chi connectivity index (χ1) is 10.1. The van der Waals surface area contributed by atoms with Gasteiger partial charge in [0, 0.05) is 19.6 Å². The maximum absolute atomic E-state index is 4.52. The van der Waals surface area contributed by atoms with Crippen LogP contribution in [0.3, 0.4) is 0 Å². The molecule has 2 aromatic rings. The van der Waals surface area contributed by atoms with E-state index in [1.807, 2.05) is 36.5 Å². The molecular weight excluding hydrogens is 262 g/mol. The Morgan fingerprint density at radius 1 is 1.24 bits per heavy atom. The maximum atomic E-state index is 4.52. The summed E-state index contributed by atoms with van der Waals surface area (Å²) in [6.07, 6.45) is 1.84. The third kappa shape index (κ3) is 5.28. The molecule has 0 aliphatic rings. The Hall–Kier alpha value is -1.72. The molecule has 0 unspecified atom stereocenters. The highest BCUT2D eigenvalue weighted by Crippen LogP contribution is 2.05. The van der Waals surface area contributed by atoms with E-state index in [0.717, 1.165) is 37.6 Å². The summed E-state index contributed by atoms with van der Waals surface area (Å²) < 4.78 is 0. The van der Waals surface area contributed by atoms with Crippen LogP contribution in [-0.2, 0) is 6.54 Å². The molecule has 0 atom stereocenters. The van der Waals surface area contributed by atoms with E-state index in [1.54, 1.807) is 4.80 Å². The van der Waals surface area contributed by atoms with E-state index in [9.17, 15) is 0 Å². The highest BCUT2D eigenvalue weighted by atomic mass is 15.5. The number of aromatic nitrogens is 3. The van der Waals surface area contributed by atoms with Crippen LogP contribution in [0.15, 0.2) is 36.5 Å². The molecule has 0 amide bonds. The van der Waals surface area contributed by atoms with Crippen molar-refractivity contribution in [2.45, 2.75) is 20.4 Å². The van der Waals surface area contributed by atoms with Crippen LogP contribution >= 0.6 is 0 Å². The zero-order chi connectivity index (χ0) is 15.1. The lowest BCUT2D eigenvalue weighted by molar-refractivity contribution is 0.317. The molecule has 0 aliphatic carbocycles. The summed E-state index contributed by atoms with van der Waals surface area (Å²) in [6, 6.07) is 9.98. The fourth-order valence-corrected chi connectivity index (χ4v) is 2.07. The molecule has 5 nitrogen and oxygen atoms in total. The van der Waals surface area contributed by atoms with Crippen LogP contribution in [0.4, 0.5) is 0 Å². The number of benzene rings is 1. The Labute approximate surface area is 127 Å². The number of nitrogens with one attached hydrogen (secondary N) is 1. The van der Waals surface area contributed by atoms with Gasteiger partial charge in [-0.1, -0.05) is 32.0 Å². The first-order valence-electron chi connectivity index (χ1n) is 7.51. The molecule has 0 spiro atoms. The minimum atomic E-state index is 0.695. The molecular formula is C16H25N5. The van der Waals surface area contributed by atoms with Gasteiger partial charge in [-0.2, -0.15) is 15.0 Å². The monoisotopic (exact) mass is 287 g/mol. The van der Waals surface area contributed by atoms with E-state index in [-0.39, 0.29) is 0 Å². The van der Waals surface area contributed by atoms with Crippen LogP contribution in [0.5, 0.6) is 0 Å². The highest BCUT2D eigenvalue weighted by molar-refractivity contribution is 5.28. The van der Waals surface area contributed by atoms with Crippen LogP contribution in [0.2, 0.25) is 0 Å². The topological polar surface area (TPSA) is 46.0 Å². The van der Waals surface area contributed by atoms with Gasteiger partial charge in [0.25, 0.3) is 0 Å². The van der Waals surface area contributed by atoms with E-state index >= 15 is 0 Å². The molecule has 114 valence electrons. The summed E-state index contributed by atoms with van der Waals surface area (Å²) in [6.45, 7) is 8.33. The average Bonchev–Trinajstić information content (AvgIpc) is 2.93. The fraction of sp³-hybridized carbons (Fsp3) is 0.500. The van der Waals surface area contributed by atoms with Crippen molar-refractivity contribution in [2.75, 3.05) is 26.7 Å². The Balaban J connectivity index is 1.79. The summed E-state index contributed by atoms with van der Waals surface area (Å²) in [5.41, 5.74) is 1.98. The van der Waals surface area contributed by atoms with Crippen LogP contribution in [0, 0.1) is 5.92 Å². The normalized spacial score (nSPS) is 11.5. The van der Waals surface area contributed by atoms with Gasteiger partial charge < -0.3 is 5.32 Å². The van der Waals surface area contributed by atoms with Crippen molar-refractivity contribution in [3.63, 3.8) is 0 Å². The molecule has 5 heteroatoms. The van der Waals surface area contributed by atoms with Gasteiger partial charge in [0.15, 0.2) is 0 Å². The first kappa shape index (κ1) is 15.7. The quantitative estimate of drug-likeness (QED) is 0.754. The predicted octanol–water partition coefficient (Wildman–Crippen LogP) is 1.94. The molecule has 1 aromatic carbocycles. The lowest BCUT2D eigenvalue weighted by Gasteiger charge is -2.15. The fourth-order valence-electron chi connectivity index (χ4n) is 2.07. The minimum absolute atomic E-state index is 0.695. The molecule has 0 saturated carbocycles. The van der Waals surface area contributed by atoms with Gasteiger partial charge in [-0.3, -0.25) is 4.90 Å². The second-order valence-corrected chi connectivity index (χ2v) is 5.80. The van der Waals surface area contributed by atoms with Gasteiger partial charge in [-0.05, 0) is 31.6 Å². The zero-order valence-electron chi connectivity index (χ0n) is 13.2. The number of likely N-dealkylation sites (N-methyl/N-ethyl adjacent to an activating group) is 1. The molecule has 1 aromatic heterocycles. The average molecular weight is 287 g/mol. The molecule has 0 radical (unpaired) electrons. The summed E-state index contributed by atoms with van der Waals surface area (Å²) in [7, 11) is 2.11. The number of hydrogen-bond donors (Lipinski definition) is 1. The molecule has 0 saturated heterocycles. The van der Waals surface area contributed by atoms with Crippen LogP contribution in [-0.4, -0.2) is 46.6 Å². The largest absolute Gasteiger partial charge is 0.315 e.